The van der Waals surface area contributed by atoms with Gasteiger partial charge < -0.3 is 19.7 Å². The molecule has 1 fully saturated rings. The van der Waals surface area contributed by atoms with Crippen LogP contribution in [0.2, 0.25) is 0 Å². The summed E-state index contributed by atoms with van der Waals surface area (Å²) >= 11 is 0. The number of piperidine rings is 1. The fraction of sp³-hybridized carbons (Fsp3) is 0.310. The Kier molecular flexibility index (Phi) is 8.27. The van der Waals surface area contributed by atoms with Crippen molar-refractivity contribution in [2.24, 2.45) is 5.92 Å². The van der Waals surface area contributed by atoms with Gasteiger partial charge in [-0.25, -0.2) is 14.4 Å². The van der Waals surface area contributed by atoms with Crippen LogP contribution < -0.4 is 10.1 Å². The van der Waals surface area contributed by atoms with Crippen LogP contribution in [0.1, 0.15) is 35.7 Å². The number of halogens is 4. The molecule has 2 aromatic carbocycles. The molecule has 0 spiro atoms. The largest absolute Gasteiger partial charge is 0.469 e. The van der Waals surface area contributed by atoms with E-state index in [-0.39, 0.29) is 29.1 Å². The summed E-state index contributed by atoms with van der Waals surface area (Å²) in [4.78, 5) is 35.5. The van der Waals surface area contributed by atoms with E-state index in [2.05, 4.69) is 20.0 Å². The Balaban J connectivity index is 1.38. The second kappa shape index (κ2) is 12.0. The average Bonchev–Trinajstić information content (AvgIpc) is 3.43. The summed E-state index contributed by atoms with van der Waals surface area (Å²) in [7, 11) is 1.36. The predicted molar refractivity (Wildman–Crippen MR) is 145 cm³/mol. The van der Waals surface area contributed by atoms with E-state index < -0.39 is 24.0 Å². The number of ether oxygens (including phenoxy) is 2. The number of rotatable bonds is 8. The Hall–Kier alpha value is -4.68. The van der Waals surface area contributed by atoms with Crippen LogP contribution in [0.3, 0.4) is 0 Å². The molecule has 1 saturated heterocycles. The molecule has 13 heteroatoms. The quantitative estimate of drug-likeness (QED) is 0.212. The number of aryl methyl sites for hydroxylation is 1. The molecule has 3 heterocycles. The highest BCUT2D eigenvalue weighted by Crippen LogP contribution is 2.32. The number of hydrogen-bond donors (Lipinski definition) is 1. The maximum Gasteiger partial charge on any atom is 0.387 e. The number of carbonyl (C=O) groups is 2. The van der Waals surface area contributed by atoms with E-state index in [9.17, 15) is 27.2 Å². The number of nitrogens with zero attached hydrogens (tertiary/aromatic N) is 4. The van der Waals surface area contributed by atoms with Gasteiger partial charge in [0.1, 0.15) is 0 Å². The number of aromatic nitrogens is 3. The number of likely N-dealkylation sites (tertiary alicyclic amines) is 1. The van der Waals surface area contributed by atoms with Crippen molar-refractivity contribution in [3.63, 3.8) is 0 Å². The van der Waals surface area contributed by atoms with Crippen molar-refractivity contribution < 1.29 is 36.6 Å². The smallest absolute Gasteiger partial charge is 0.387 e. The Morgan fingerprint density at radius 1 is 1.10 bits per heavy atom. The van der Waals surface area contributed by atoms with E-state index in [0.29, 0.717) is 55.1 Å². The van der Waals surface area contributed by atoms with Crippen LogP contribution in [-0.2, 0) is 16.0 Å². The van der Waals surface area contributed by atoms with Gasteiger partial charge >= 0.3 is 12.6 Å². The SMILES string of the molecule is CCc1cc(Nc2nccn3c(-c4ccc(OC(F)F)c(F)c4F)cnc23)ccc1C(=O)N1CCC(C(=O)OC)CC1. The molecule has 9 nitrogen and oxygen atoms in total. The lowest BCUT2D eigenvalue weighted by atomic mass is 9.95. The molecular weight excluding hydrogens is 558 g/mol. The molecule has 0 radical (unpaired) electrons. The summed E-state index contributed by atoms with van der Waals surface area (Å²) in [5, 5.41) is 3.17. The Morgan fingerprint density at radius 2 is 1.86 bits per heavy atom. The van der Waals surface area contributed by atoms with Gasteiger partial charge in [0.05, 0.1) is 24.9 Å². The molecular formula is C29H27F4N5O4. The highest BCUT2D eigenvalue weighted by atomic mass is 19.3. The second-order valence-corrected chi connectivity index (χ2v) is 9.67. The standard InChI is InChI=1S/C29H27F4N5O4/c1-3-16-14-18(4-5-19(16)27(39)37-11-8-17(9-12-37)28(40)41-2)36-25-26-35-15-21(38(26)13-10-34-25)20-6-7-22(42-29(32)33)24(31)23(20)30/h4-7,10,13-15,17,29H,3,8-9,11-12H2,1-2H3,(H,34,36). The molecule has 1 amide bonds. The number of benzene rings is 2. The third-order valence-electron chi connectivity index (χ3n) is 7.26. The molecule has 1 aliphatic rings. The Morgan fingerprint density at radius 3 is 2.55 bits per heavy atom. The summed E-state index contributed by atoms with van der Waals surface area (Å²) in [6, 6.07) is 7.36. The van der Waals surface area contributed by atoms with Crippen LogP contribution >= 0.6 is 0 Å². The van der Waals surface area contributed by atoms with E-state index in [4.69, 9.17) is 4.74 Å². The lowest BCUT2D eigenvalue weighted by molar-refractivity contribution is -0.146. The van der Waals surface area contributed by atoms with Crippen LogP contribution in [0.5, 0.6) is 5.75 Å². The van der Waals surface area contributed by atoms with E-state index in [0.717, 1.165) is 17.7 Å². The Bertz CT molecular complexity index is 1640. The minimum Gasteiger partial charge on any atom is -0.469 e. The minimum absolute atomic E-state index is 0.112. The van der Waals surface area contributed by atoms with Crippen LogP contribution in [0.4, 0.5) is 29.1 Å². The summed E-state index contributed by atoms with van der Waals surface area (Å²) in [5.41, 5.74) is 2.26. The van der Waals surface area contributed by atoms with Gasteiger partial charge in [-0.15, -0.1) is 0 Å². The van der Waals surface area contributed by atoms with E-state index in [1.54, 1.807) is 17.0 Å². The zero-order valence-electron chi connectivity index (χ0n) is 22.7. The zero-order valence-corrected chi connectivity index (χ0v) is 22.7. The van der Waals surface area contributed by atoms with Crippen molar-refractivity contribution >= 4 is 29.0 Å². The fourth-order valence-electron chi connectivity index (χ4n) is 5.09. The van der Waals surface area contributed by atoms with Crippen molar-refractivity contribution in [3.8, 4) is 17.0 Å². The van der Waals surface area contributed by atoms with Gasteiger partial charge in [-0.1, -0.05) is 6.92 Å². The summed E-state index contributed by atoms with van der Waals surface area (Å²) < 4.78 is 64.6. The lowest BCUT2D eigenvalue weighted by Gasteiger charge is -2.31. The van der Waals surface area contributed by atoms with Gasteiger partial charge in [-0.05, 0) is 55.2 Å². The van der Waals surface area contributed by atoms with Crippen molar-refractivity contribution in [1.82, 2.24) is 19.3 Å². The Labute approximate surface area is 238 Å². The van der Waals surface area contributed by atoms with Crippen molar-refractivity contribution in [2.75, 3.05) is 25.5 Å². The first-order chi connectivity index (χ1) is 20.2. The highest BCUT2D eigenvalue weighted by molar-refractivity contribution is 5.96. The van der Waals surface area contributed by atoms with Crippen molar-refractivity contribution in [3.05, 3.63) is 71.7 Å². The summed E-state index contributed by atoms with van der Waals surface area (Å²) in [5.74, 6) is -4.05. The molecule has 0 bridgehead atoms. The highest BCUT2D eigenvalue weighted by Gasteiger charge is 2.29. The first-order valence-electron chi connectivity index (χ1n) is 13.2. The minimum atomic E-state index is -3.30. The maximum absolute atomic E-state index is 14.8. The average molecular weight is 586 g/mol. The van der Waals surface area contributed by atoms with Gasteiger partial charge in [-0.3, -0.25) is 14.0 Å². The van der Waals surface area contributed by atoms with Crippen LogP contribution in [0.25, 0.3) is 16.9 Å². The molecule has 0 atom stereocenters. The number of alkyl halides is 2. The van der Waals surface area contributed by atoms with Crippen molar-refractivity contribution in [2.45, 2.75) is 32.8 Å². The number of imidazole rings is 1. The van der Waals surface area contributed by atoms with Gasteiger partial charge in [0.15, 0.2) is 23.0 Å². The number of nitrogens with one attached hydrogen (secondary N) is 1. The number of carbonyl (C=O) groups excluding carboxylic acids is 2. The maximum atomic E-state index is 14.8. The van der Waals surface area contributed by atoms with E-state index in [1.165, 1.54) is 30.1 Å². The molecule has 220 valence electrons. The third-order valence-corrected chi connectivity index (χ3v) is 7.26. The number of methoxy groups -OCH3 is 1. The van der Waals surface area contributed by atoms with E-state index >= 15 is 0 Å². The summed E-state index contributed by atoms with van der Waals surface area (Å²) in [6.45, 7) is -0.443. The molecule has 42 heavy (non-hydrogen) atoms. The normalized spacial score (nSPS) is 13.9. The number of hydrogen-bond acceptors (Lipinski definition) is 7. The van der Waals surface area contributed by atoms with Crippen LogP contribution in [0, 0.1) is 17.6 Å². The van der Waals surface area contributed by atoms with Gasteiger partial charge in [0.25, 0.3) is 5.91 Å². The van der Waals surface area contributed by atoms with Crippen LogP contribution in [-0.4, -0.2) is 58.0 Å². The van der Waals surface area contributed by atoms with E-state index in [1.807, 2.05) is 13.0 Å². The van der Waals surface area contributed by atoms with Gasteiger partial charge in [-0.2, -0.15) is 13.2 Å². The number of amides is 1. The number of fused-ring (bicyclic) bond motifs is 1. The first kappa shape index (κ1) is 28.8. The number of anilines is 2. The van der Waals surface area contributed by atoms with Gasteiger partial charge in [0.2, 0.25) is 5.82 Å². The fourth-order valence-corrected chi connectivity index (χ4v) is 5.09. The zero-order chi connectivity index (χ0) is 30.0. The predicted octanol–water partition coefficient (Wildman–Crippen LogP) is 5.61. The second-order valence-electron chi connectivity index (χ2n) is 9.67. The van der Waals surface area contributed by atoms with Crippen molar-refractivity contribution in [1.29, 1.82) is 0 Å². The summed E-state index contributed by atoms with van der Waals surface area (Å²) in [6.07, 6.45) is 5.94. The van der Waals surface area contributed by atoms with Crippen LogP contribution in [0.15, 0.2) is 48.9 Å². The number of esters is 1. The topological polar surface area (TPSA) is 98.1 Å². The molecule has 2 aromatic heterocycles. The first-order valence-corrected chi connectivity index (χ1v) is 13.2. The third kappa shape index (κ3) is 5.58. The molecule has 4 aromatic rings. The molecule has 1 aliphatic heterocycles. The molecule has 0 unspecified atom stereocenters. The lowest BCUT2D eigenvalue weighted by Crippen LogP contribution is -2.40. The molecule has 0 aliphatic carbocycles. The van der Waals surface area contributed by atoms with Gasteiger partial charge in [0, 0.05) is 42.3 Å². The monoisotopic (exact) mass is 585 g/mol. The molecule has 1 N–H and O–H groups in total. The molecule has 0 saturated carbocycles. The molecule has 5 rings (SSSR count).